The van der Waals surface area contributed by atoms with Crippen molar-refractivity contribution >= 4 is 15.9 Å². The van der Waals surface area contributed by atoms with Gasteiger partial charge < -0.3 is 5.32 Å². The molecular formula is C16H23BrN2. The smallest absolute Gasteiger partial charge is 0.0413 e. The standard InChI is InChI=1S/C16H23BrN2/c17-14-5-6-16(19-11-14)9-13(10-18-15-7-8-15)12-3-1-2-4-12/h5-6,11-13,15,18H,1-4,7-10H2. The Hall–Kier alpha value is -0.410. The summed E-state index contributed by atoms with van der Waals surface area (Å²) < 4.78 is 1.07. The number of rotatable bonds is 6. The van der Waals surface area contributed by atoms with Gasteiger partial charge in [0.15, 0.2) is 0 Å². The molecule has 0 aliphatic heterocycles. The van der Waals surface area contributed by atoms with E-state index in [1.807, 2.05) is 6.20 Å². The second-order valence-electron chi connectivity index (χ2n) is 6.16. The van der Waals surface area contributed by atoms with Gasteiger partial charge in [-0.25, -0.2) is 0 Å². The van der Waals surface area contributed by atoms with Crippen LogP contribution in [-0.4, -0.2) is 17.6 Å². The van der Waals surface area contributed by atoms with Crippen LogP contribution in [0.3, 0.4) is 0 Å². The van der Waals surface area contributed by atoms with Crippen molar-refractivity contribution in [2.24, 2.45) is 11.8 Å². The molecule has 104 valence electrons. The third kappa shape index (κ3) is 4.03. The number of hydrogen-bond acceptors (Lipinski definition) is 2. The van der Waals surface area contributed by atoms with Crippen LogP contribution in [0.25, 0.3) is 0 Å². The minimum atomic E-state index is 0.775. The molecular weight excluding hydrogens is 300 g/mol. The predicted octanol–water partition coefficient (Wildman–Crippen LogP) is 3.95. The fourth-order valence-electron chi connectivity index (χ4n) is 3.24. The van der Waals surface area contributed by atoms with Gasteiger partial charge in [-0.15, -0.1) is 0 Å². The van der Waals surface area contributed by atoms with Gasteiger partial charge in [-0.05, 0) is 65.7 Å². The molecule has 0 saturated heterocycles. The van der Waals surface area contributed by atoms with Crippen LogP contribution in [0.15, 0.2) is 22.8 Å². The largest absolute Gasteiger partial charge is 0.314 e. The molecule has 19 heavy (non-hydrogen) atoms. The van der Waals surface area contributed by atoms with Gasteiger partial charge in [0.2, 0.25) is 0 Å². The summed E-state index contributed by atoms with van der Waals surface area (Å²) in [6.45, 7) is 1.19. The number of halogens is 1. The highest BCUT2D eigenvalue weighted by Gasteiger charge is 2.28. The second kappa shape index (κ2) is 6.36. The lowest BCUT2D eigenvalue weighted by Gasteiger charge is -2.23. The molecule has 2 fully saturated rings. The Morgan fingerprint density at radius 2 is 2.00 bits per heavy atom. The zero-order valence-corrected chi connectivity index (χ0v) is 13.0. The fraction of sp³-hybridized carbons (Fsp3) is 0.688. The number of aromatic nitrogens is 1. The zero-order chi connectivity index (χ0) is 13.1. The Morgan fingerprint density at radius 3 is 2.63 bits per heavy atom. The Kier molecular flexibility index (Phi) is 4.54. The van der Waals surface area contributed by atoms with Crippen molar-refractivity contribution in [2.45, 2.75) is 51.0 Å². The minimum absolute atomic E-state index is 0.775. The molecule has 0 amide bonds. The highest BCUT2D eigenvalue weighted by Crippen LogP contribution is 2.33. The van der Waals surface area contributed by atoms with E-state index in [1.165, 1.54) is 50.8 Å². The van der Waals surface area contributed by atoms with E-state index in [4.69, 9.17) is 0 Å². The molecule has 1 unspecified atom stereocenters. The van der Waals surface area contributed by atoms with E-state index in [9.17, 15) is 0 Å². The van der Waals surface area contributed by atoms with Gasteiger partial charge >= 0.3 is 0 Å². The average molecular weight is 323 g/mol. The first kappa shape index (κ1) is 13.6. The van der Waals surface area contributed by atoms with Crippen LogP contribution in [-0.2, 0) is 6.42 Å². The summed E-state index contributed by atoms with van der Waals surface area (Å²) in [5.74, 6) is 1.69. The molecule has 3 rings (SSSR count). The Balaban J connectivity index is 1.61. The van der Waals surface area contributed by atoms with Gasteiger partial charge in [0.25, 0.3) is 0 Å². The van der Waals surface area contributed by atoms with Crippen molar-refractivity contribution < 1.29 is 0 Å². The van der Waals surface area contributed by atoms with Crippen LogP contribution in [0, 0.1) is 11.8 Å². The van der Waals surface area contributed by atoms with Crippen LogP contribution >= 0.6 is 15.9 Å². The highest BCUT2D eigenvalue weighted by atomic mass is 79.9. The topological polar surface area (TPSA) is 24.9 Å². The lowest BCUT2D eigenvalue weighted by Crippen LogP contribution is -2.30. The summed E-state index contributed by atoms with van der Waals surface area (Å²) in [6, 6.07) is 5.10. The maximum atomic E-state index is 4.56. The van der Waals surface area contributed by atoms with Crippen molar-refractivity contribution in [1.82, 2.24) is 10.3 Å². The molecule has 1 heterocycles. The van der Waals surface area contributed by atoms with E-state index in [0.717, 1.165) is 28.8 Å². The predicted molar refractivity (Wildman–Crippen MR) is 82.1 cm³/mol. The number of nitrogens with one attached hydrogen (secondary N) is 1. The van der Waals surface area contributed by atoms with Gasteiger partial charge in [-0.1, -0.05) is 25.7 Å². The Bertz CT molecular complexity index is 394. The quantitative estimate of drug-likeness (QED) is 0.857. The number of nitrogens with zero attached hydrogens (tertiary/aromatic N) is 1. The maximum Gasteiger partial charge on any atom is 0.0413 e. The number of hydrogen-bond donors (Lipinski definition) is 1. The molecule has 2 nitrogen and oxygen atoms in total. The molecule has 1 aromatic heterocycles. The first-order valence-corrected chi connectivity index (χ1v) is 8.44. The Labute approximate surface area is 124 Å². The van der Waals surface area contributed by atoms with Gasteiger partial charge in [0.1, 0.15) is 0 Å². The summed E-state index contributed by atoms with van der Waals surface area (Å²) in [5.41, 5.74) is 1.25. The molecule has 2 aliphatic carbocycles. The molecule has 2 aliphatic rings. The molecule has 2 saturated carbocycles. The van der Waals surface area contributed by atoms with Crippen molar-refractivity contribution in [3.05, 3.63) is 28.5 Å². The summed E-state index contributed by atoms with van der Waals surface area (Å²) in [7, 11) is 0. The fourth-order valence-corrected chi connectivity index (χ4v) is 3.47. The van der Waals surface area contributed by atoms with Crippen molar-refractivity contribution in [3.8, 4) is 0 Å². The minimum Gasteiger partial charge on any atom is -0.314 e. The molecule has 1 aromatic rings. The van der Waals surface area contributed by atoms with Crippen LogP contribution < -0.4 is 5.32 Å². The first-order chi connectivity index (χ1) is 9.31. The van der Waals surface area contributed by atoms with Crippen LogP contribution in [0.4, 0.5) is 0 Å². The molecule has 0 radical (unpaired) electrons. The second-order valence-corrected chi connectivity index (χ2v) is 7.07. The molecule has 3 heteroatoms. The molecule has 0 aromatic carbocycles. The summed E-state index contributed by atoms with van der Waals surface area (Å²) in [5, 5.41) is 3.73. The van der Waals surface area contributed by atoms with E-state index >= 15 is 0 Å². The first-order valence-electron chi connectivity index (χ1n) is 7.65. The van der Waals surface area contributed by atoms with Crippen LogP contribution in [0.5, 0.6) is 0 Å². The van der Waals surface area contributed by atoms with E-state index in [1.54, 1.807) is 0 Å². The maximum absolute atomic E-state index is 4.56. The van der Waals surface area contributed by atoms with Crippen molar-refractivity contribution in [1.29, 1.82) is 0 Å². The normalized spacial score (nSPS) is 21.7. The third-order valence-corrected chi connectivity index (χ3v) is 5.04. The van der Waals surface area contributed by atoms with Gasteiger partial charge in [-0.3, -0.25) is 4.98 Å². The third-order valence-electron chi connectivity index (χ3n) is 4.57. The van der Waals surface area contributed by atoms with E-state index < -0.39 is 0 Å². The highest BCUT2D eigenvalue weighted by molar-refractivity contribution is 9.10. The molecule has 0 bridgehead atoms. The van der Waals surface area contributed by atoms with E-state index in [2.05, 4.69) is 38.4 Å². The summed E-state index contributed by atoms with van der Waals surface area (Å²) in [6.07, 6.45) is 11.5. The molecule has 1 N–H and O–H groups in total. The van der Waals surface area contributed by atoms with Crippen molar-refractivity contribution in [2.75, 3.05) is 6.54 Å². The lowest BCUT2D eigenvalue weighted by molar-refractivity contribution is 0.318. The molecule has 0 spiro atoms. The molecule has 1 atom stereocenters. The van der Waals surface area contributed by atoms with Gasteiger partial charge in [0, 0.05) is 22.4 Å². The SMILES string of the molecule is Brc1ccc(CC(CNC2CC2)C2CCCC2)nc1. The summed E-state index contributed by atoms with van der Waals surface area (Å²) in [4.78, 5) is 4.56. The van der Waals surface area contributed by atoms with Gasteiger partial charge in [0.05, 0.1) is 0 Å². The lowest BCUT2D eigenvalue weighted by atomic mass is 9.87. The van der Waals surface area contributed by atoms with Crippen LogP contribution in [0.2, 0.25) is 0 Å². The van der Waals surface area contributed by atoms with E-state index in [-0.39, 0.29) is 0 Å². The number of pyridine rings is 1. The average Bonchev–Trinajstić information content (AvgIpc) is 3.09. The summed E-state index contributed by atoms with van der Waals surface area (Å²) >= 11 is 3.46. The van der Waals surface area contributed by atoms with Gasteiger partial charge in [-0.2, -0.15) is 0 Å². The van der Waals surface area contributed by atoms with E-state index in [0.29, 0.717) is 0 Å². The van der Waals surface area contributed by atoms with Crippen molar-refractivity contribution in [3.63, 3.8) is 0 Å². The Morgan fingerprint density at radius 1 is 1.21 bits per heavy atom. The monoisotopic (exact) mass is 322 g/mol. The van der Waals surface area contributed by atoms with Crippen LogP contribution in [0.1, 0.15) is 44.2 Å². The zero-order valence-electron chi connectivity index (χ0n) is 11.4.